The van der Waals surface area contributed by atoms with Crippen LogP contribution in [0.15, 0.2) is 42.9 Å². The van der Waals surface area contributed by atoms with Crippen molar-refractivity contribution in [2.24, 2.45) is 0 Å². The second-order valence-corrected chi connectivity index (χ2v) is 4.28. The molecule has 0 spiro atoms. The summed E-state index contributed by atoms with van der Waals surface area (Å²) in [5.74, 6) is -0.930. The smallest absolute Gasteiger partial charge is 0.335 e. The van der Waals surface area contributed by atoms with Crippen molar-refractivity contribution < 1.29 is 9.90 Å². The van der Waals surface area contributed by atoms with Crippen molar-refractivity contribution in [1.29, 1.82) is 0 Å². The molecular weight excluding hydrogens is 241 g/mol. The first-order valence-electron chi connectivity index (χ1n) is 5.78. The minimum absolute atomic E-state index is 0.267. The molecule has 2 heterocycles. The molecule has 0 atom stereocenters. The summed E-state index contributed by atoms with van der Waals surface area (Å²) in [5.41, 5.74) is 3.75. The van der Waals surface area contributed by atoms with E-state index in [4.69, 9.17) is 5.11 Å². The molecule has 0 saturated heterocycles. The fourth-order valence-electron chi connectivity index (χ4n) is 1.94. The number of hydrogen-bond donors (Lipinski definition) is 1. The van der Waals surface area contributed by atoms with E-state index < -0.39 is 5.97 Å². The van der Waals surface area contributed by atoms with E-state index in [9.17, 15) is 4.79 Å². The van der Waals surface area contributed by atoms with Crippen LogP contribution in [0.4, 0.5) is 0 Å². The minimum Gasteiger partial charge on any atom is -0.478 e. The van der Waals surface area contributed by atoms with E-state index in [-0.39, 0.29) is 5.56 Å². The molecule has 1 N–H and O–H groups in total. The highest BCUT2D eigenvalue weighted by atomic mass is 16.4. The van der Waals surface area contributed by atoms with Crippen LogP contribution in [0.2, 0.25) is 0 Å². The standard InChI is InChI=1S/C13H10BN3O2/c14-11-5-16-12-6-15-10(7-17(11)12)8-1-3-9(4-2-8)13(18)19/h1-7H,14H2,(H,18,19). The normalized spacial score (nSPS) is 10.7. The summed E-state index contributed by atoms with van der Waals surface area (Å²) in [7, 11) is 1.97. The van der Waals surface area contributed by atoms with Gasteiger partial charge in [-0.05, 0) is 17.7 Å². The number of carboxylic acid groups (broad SMARTS) is 1. The monoisotopic (exact) mass is 251 g/mol. The van der Waals surface area contributed by atoms with E-state index in [1.807, 2.05) is 18.4 Å². The Kier molecular flexibility index (Phi) is 2.56. The highest BCUT2D eigenvalue weighted by Crippen LogP contribution is 2.17. The first kappa shape index (κ1) is 11.5. The molecule has 6 heteroatoms. The number of carbonyl (C=O) groups is 1. The van der Waals surface area contributed by atoms with Crippen molar-refractivity contribution in [2.75, 3.05) is 0 Å². The average Bonchev–Trinajstić information content (AvgIpc) is 2.80. The lowest BCUT2D eigenvalue weighted by atomic mass is 10.1. The van der Waals surface area contributed by atoms with Crippen LogP contribution in [0.5, 0.6) is 0 Å². The highest BCUT2D eigenvalue weighted by Gasteiger charge is 2.06. The Bertz CT molecular complexity index is 765. The first-order valence-corrected chi connectivity index (χ1v) is 5.78. The second kappa shape index (κ2) is 4.24. The SMILES string of the molecule is Bc1cnc2cnc(-c3ccc(C(=O)O)cc3)cn12. The lowest BCUT2D eigenvalue weighted by Gasteiger charge is -2.03. The van der Waals surface area contributed by atoms with Gasteiger partial charge in [0, 0.05) is 18.0 Å². The molecule has 0 fully saturated rings. The maximum absolute atomic E-state index is 10.8. The van der Waals surface area contributed by atoms with Crippen molar-refractivity contribution in [3.05, 3.63) is 48.4 Å². The third-order valence-electron chi connectivity index (χ3n) is 3.01. The van der Waals surface area contributed by atoms with Crippen molar-refractivity contribution in [2.45, 2.75) is 0 Å². The van der Waals surface area contributed by atoms with Crippen molar-refractivity contribution in [1.82, 2.24) is 14.4 Å². The largest absolute Gasteiger partial charge is 0.478 e. The predicted octanol–water partition coefficient (Wildman–Crippen LogP) is 0.353. The molecule has 3 rings (SSSR count). The Labute approximate surface area is 110 Å². The zero-order chi connectivity index (χ0) is 13.4. The van der Waals surface area contributed by atoms with Crippen LogP contribution >= 0.6 is 0 Å². The number of hydrogen-bond acceptors (Lipinski definition) is 3. The highest BCUT2D eigenvalue weighted by molar-refractivity contribution is 6.31. The van der Waals surface area contributed by atoms with Gasteiger partial charge >= 0.3 is 5.97 Å². The van der Waals surface area contributed by atoms with E-state index in [0.717, 1.165) is 22.5 Å². The van der Waals surface area contributed by atoms with Gasteiger partial charge in [0.2, 0.25) is 0 Å². The number of carboxylic acids is 1. The minimum atomic E-state index is -0.930. The molecule has 0 saturated carbocycles. The van der Waals surface area contributed by atoms with Gasteiger partial charge in [0.25, 0.3) is 0 Å². The molecule has 0 unspecified atom stereocenters. The number of aromatic nitrogens is 3. The average molecular weight is 251 g/mol. The molecule has 0 aliphatic carbocycles. The van der Waals surface area contributed by atoms with Crippen LogP contribution in [0, 0.1) is 0 Å². The summed E-state index contributed by atoms with van der Waals surface area (Å²) >= 11 is 0. The summed E-state index contributed by atoms with van der Waals surface area (Å²) in [5, 5.41) is 8.87. The zero-order valence-corrected chi connectivity index (χ0v) is 10.2. The summed E-state index contributed by atoms with van der Waals surface area (Å²) < 4.78 is 1.95. The Morgan fingerprint density at radius 3 is 2.58 bits per heavy atom. The maximum atomic E-state index is 10.8. The van der Waals surface area contributed by atoms with Crippen LogP contribution in [0.25, 0.3) is 16.9 Å². The number of benzene rings is 1. The molecule has 0 amide bonds. The summed E-state index contributed by atoms with van der Waals surface area (Å²) in [6, 6.07) is 6.66. The van der Waals surface area contributed by atoms with Gasteiger partial charge in [0.15, 0.2) is 13.5 Å². The van der Waals surface area contributed by atoms with Gasteiger partial charge in [-0.2, -0.15) is 0 Å². The van der Waals surface area contributed by atoms with Crippen LogP contribution in [0.3, 0.4) is 0 Å². The van der Waals surface area contributed by atoms with E-state index >= 15 is 0 Å². The molecule has 19 heavy (non-hydrogen) atoms. The Morgan fingerprint density at radius 2 is 1.89 bits per heavy atom. The topological polar surface area (TPSA) is 67.5 Å². The Balaban J connectivity index is 2.08. The van der Waals surface area contributed by atoms with Gasteiger partial charge < -0.3 is 9.51 Å². The van der Waals surface area contributed by atoms with Crippen LogP contribution in [-0.4, -0.2) is 33.3 Å². The number of aromatic carboxylic acids is 1. The Morgan fingerprint density at radius 1 is 1.16 bits per heavy atom. The third-order valence-corrected chi connectivity index (χ3v) is 3.01. The number of imidazole rings is 1. The molecular formula is C13H10BN3O2. The summed E-state index contributed by atoms with van der Waals surface area (Å²) in [6.45, 7) is 0. The molecule has 92 valence electrons. The van der Waals surface area contributed by atoms with Crippen LogP contribution in [0.1, 0.15) is 10.4 Å². The predicted molar refractivity (Wildman–Crippen MR) is 73.6 cm³/mol. The number of fused-ring (bicyclic) bond motifs is 1. The van der Waals surface area contributed by atoms with Gasteiger partial charge in [0.05, 0.1) is 17.5 Å². The molecule has 0 aliphatic rings. The second-order valence-electron chi connectivity index (χ2n) is 4.28. The molecule has 5 nitrogen and oxygen atoms in total. The molecule has 0 bridgehead atoms. The van der Waals surface area contributed by atoms with Crippen molar-refractivity contribution >= 4 is 25.1 Å². The van der Waals surface area contributed by atoms with Gasteiger partial charge in [-0.1, -0.05) is 12.1 Å². The molecule has 1 aromatic carbocycles. The summed E-state index contributed by atoms with van der Waals surface area (Å²) in [4.78, 5) is 19.4. The lowest BCUT2D eigenvalue weighted by molar-refractivity contribution is 0.0697. The first-order chi connectivity index (χ1) is 9.15. The number of rotatable bonds is 2. The van der Waals surface area contributed by atoms with Gasteiger partial charge in [-0.25, -0.2) is 9.78 Å². The fraction of sp³-hybridized carbons (Fsp3) is 0. The lowest BCUT2D eigenvalue weighted by Crippen LogP contribution is -2.09. The van der Waals surface area contributed by atoms with Crippen LogP contribution in [-0.2, 0) is 0 Å². The van der Waals surface area contributed by atoms with Gasteiger partial charge in [-0.15, -0.1) is 0 Å². The van der Waals surface area contributed by atoms with Crippen LogP contribution < -0.4 is 5.59 Å². The summed E-state index contributed by atoms with van der Waals surface area (Å²) in [6.07, 6.45) is 5.38. The fourth-order valence-corrected chi connectivity index (χ4v) is 1.94. The third kappa shape index (κ3) is 1.97. The quantitative estimate of drug-likeness (QED) is 0.667. The molecule has 0 aliphatic heterocycles. The molecule has 3 aromatic rings. The van der Waals surface area contributed by atoms with Crippen molar-refractivity contribution in [3.63, 3.8) is 0 Å². The Hall–Kier alpha value is -2.63. The van der Waals surface area contributed by atoms with E-state index in [2.05, 4.69) is 9.97 Å². The van der Waals surface area contributed by atoms with Gasteiger partial charge in [-0.3, -0.25) is 4.98 Å². The van der Waals surface area contributed by atoms with E-state index in [0.29, 0.717) is 0 Å². The van der Waals surface area contributed by atoms with E-state index in [1.54, 1.807) is 36.7 Å². The molecule has 2 aromatic heterocycles. The van der Waals surface area contributed by atoms with Gasteiger partial charge in [0.1, 0.15) is 0 Å². The van der Waals surface area contributed by atoms with Crippen molar-refractivity contribution in [3.8, 4) is 11.3 Å². The zero-order valence-electron chi connectivity index (χ0n) is 10.2. The molecule has 0 radical (unpaired) electrons. The number of nitrogens with zero attached hydrogens (tertiary/aromatic N) is 3. The van der Waals surface area contributed by atoms with E-state index in [1.165, 1.54) is 0 Å². The maximum Gasteiger partial charge on any atom is 0.335 e.